The first-order valence-corrected chi connectivity index (χ1v) is 11.4. The Kier molecular flexibility index (Phi) is 8.33. The van der Waals surface area contributed by atoms with Crippen molar-refractivity contribution < 1.29 is 19.7 Å². The van der Waals surface area contributed by atoms with Crippen molar-refractivity contribution in [2.24, 2.45) is 17.8 Å². The van der Waals surface area contributed by atoms with E-state index >= 15 is 0 Å². The van der Waals surface area contributed by atoms with Gasteiger partial charge in [0.1, 0.15) is 5.75 Å². The summed E-state index contributed by atoms with van der Waals surface area (Å²) < 4.78 is 5.17. The van der Waals surface area contributed by atoms with E-state index in [1.165, 1.54) is 5.57 Å². The van der Waals surface area contributed by atoms with Crippen LogP contribution in [0.1, 0.15) is 44.1 Å². The first-order chi connectivity index (χ1) is 14.9. The number of hydrogen-bond acceptors (Lipinski definition) is 4. The molecule has 5 nitrogen and oxygen atoms in total. The first kappa shape index (κ1) is 23.6. The molecule has 2 N–H and O–H groups in total. The Labute approximate surface area is 186 Å². The number of ether oxygens (including phenoxy) is 1. The maximum absolute atomic E-state index is 11.7. The molecule has 1 aromatic carbocycles. The van der Waals surface area contributed by atoms with E-state index < -0.39 is 6.10 Å². The summed E-state index contributed by atoms with van der Waals surface area (Å²) in [6.07, 6.45) is 11.3. The number of carbonyl (C=O) groups excluding carboxylic acids is 1. The standard InChI is InChI=1S/C26H37NO4/c1-27(2)26(30)7-5-4-6-19-14-20-17-25(29)23(24(20)16-19)13-10-21(28)15-18-8-11-22(31-3)12-9-18/h8-14,20-21,23-25,28-29H,4-7,15-17H2,1-3H3/b13-10+/t20-,21-,23+,24-,25+/m0/s1. The summed E-state index contributed by atoms with van der Waals surface area (Å²) in [7, 11) is 5.24. The molecule has 2 aliphatic rings. The summed E-state index contributed by atoms with van der Waals surface area (Å²) in [5.74, 6) is 1.96. The smallest absolute Gasteiger partial charge is 0.222 e. The van der Waals surface area contributed by atoms with Crippen LogP contribution in [-0.2, 0) is 11.2 Å². The average Bonchev–Trinajstić information content (AvgIpc) is 3.26. The van der Waals surface area contributed by atoms with E-state index in [1.807, 2.05) is 36.4 Å². The van der Waals surface area contributed by atoms with Crippen LogP contribution in [0.5, 0.6) is 5.75 Å². The Morgan fingerprint density at radius 3 is 2.68 bits per heavy atom. The van der Waals surface area contributed by atoms with Gasteiger partial charge >= 0.3 is 0 Å². The van der Waals surface area contributed by atoms with Crippen molar-refractivity contribution in [3.63, 3.8) is 0 Å². The van der Waals surface area contributed by atoms with Crippen LogP contribution in [0.2, 0.25) is 0 Å². The molecule has 2 aliphatic carbocycles. The SMILES string of the molecule is COc1ccc(C[C@@H](O)/C=C/[C@@H]2[C@H]3CC(CCCCC(=O)N(C)C)=C[C@H]3C[C@H]2O)cc1. The molecule has 0 aromatic heterocycles. The lowest BCUT2D eigenvalue weighted by Gasteiger charge is -2.19. The molecule has 31 heavy (non-hydrogen) atoms. The van der Waals surface area contributed by atoms with Gasteiger partial charge in [0.05, 0.1) is 19.3 Å². The molecule has 1 saturated carbocycles. The lowest BCUT2D eigenvalue weighted by Crippen LogP contribution is -2.21. The van der Waals surface area contributed by atoms with Crippen LogP contribution in [0.15, 0.2) is 48.1 Å². The van der Waals surface area contributed by atoms with E-state index in [0.29, 0.717) is 24.7 Å². The Morgan fingerprint density at radius 1 is 1.26 bits per heavy atom. The number of allylic oxidation sites excluding steroid dienone is 2. The normalized spacial score (nSPS) is 26.0. The van der Waals surface area contributed by atoms with Gasteiger partial charge in [-0.25, -0.2) is 0 Å². The van der Waals surface area contributed by atoms with Crippen molar-refractivity contribution >= 4 is 5.91 Å². The Bertz CT molecular complexity index is 783. The molecule has 1 fully saturated rings. The fourth-order valence-electron chi connectivity index (χ4n) is 4.97. The van der Waals surface area contributed by atoms with Crippen molar-refractivity contribution in [2.75, 3.05) is 21.2 Å². The second-order valence-corrected chi connectivity index (χ2v) is 9.24. The number of fused-ring (bicyclic) bond motifs is 1. The monoisotopic (exact) mass is 427 g/mol. The number of benzene rings is 1. The number of rotatable bonds is 10. The van der Waals surface area contributed by atoms with Gasteiger partial charge in [-0.05, 0) is 61.6 Å². The number of nitrogens with zero attached hydrogens (tertiary/aromatic N) is 1. The summed E-state index contributed by atoms with van der Waals surface area (Å²) in [6, 6.07) is 7.74. The first-order valence-electron chi connectivity index (χ1n) is 11.4. The second kappa shape index (κ2) is 11.0. The zero-order valence-electron chi connectivity index (χ0n) is 19.0. The van der Waals surface area contributed by atoms with Gasteiger partial charge in [-0.15, -0.1) is 0 Å². The van der Waals surface area contributed by atoms with Crippen molar-refractivity contribution in [1.82, 2.24) is 4.90 Å². The lowest BCUT2D eigenvalue weighted by molar-refractivity contribution is -0.128. The van der Waals surface area contributed by atoms with Crippen LogP contribution < -0.4 is 4.74 Å². The van der Waals surface area contributed by atoms with Crippen LogP contribution >= 0.6 is 0 Å². The van der Waals surface area contributed by atoms with E-state index in [0.717, 1.165) is 43.4 Å². The molecule has 1 amide bonds. The second-order valence-electron chi connectivity index (χ2n) is 9.24. The number of aliphatic hydroxyl groups excluding tert-OH is 2. The van der Waals surface area contributed by atoms with Crippen LogP contribution in [0.3, 0.4) is 0 Å². The topological polar surface area (TPSA) is 70.0 Å². The molecule has 0 radical (unpaired) electrons. The minimum atomic E-state index is -0.567. The van der Waals surface area contributed by atoms with Gasteiger partial charge in [0.15, 0.2) is 0 Å². The third-order valence-electron chi connectivity index (χ3n) is 6.75. The van der Waals surface area contributed by atoms with Gasteiger partial charge in [0, 0.05) is 32.9 Å². The van der Waals surface area contributed by atoms with E-state index in [-0.39, 0.29) is 17.9 Å². The Morgan fingerprint density at radius 2 is 2.00 bits per heavy atom. The molecule has 0 saturated heterocycles. The third kappa shape index (κ3) is 6.44. The van der Waals surface area contributed by atoms with Crippen LogP contribution in [-0.4, -0.2) is 54.4 Å². The summed E-state index contributed by atoms with van der Waals surface area (Å²) in [5, 5.41) is 21.0. The Hall–Kier alpha value is -2.11. The van der Waals surface area contributed by atoms with E-state index in [9.17, 15) is 15.0 Å². The van der Waals surface area contributed by atoms with Gasteiger partial charge < -0.3 is 19.8 Å². The summed E-state index contributed by atoms with van der Waals surface area (Å²) >= 11 is 0. The van der Waals surface area contributed by atoms with E-state index in [4.69, 9.17) is 4.74 Å². The highest BCUT2D eigenvalue weighted by Gasteiger charge is 2.43. The largest absolute Gasteiger partial charge is 0.497 e. The zero-order valence-corrected chi connectivity index (χ0v) is 19.0. The molecule has 0 heterocycles. The predicted octanol–water partition coefficient (Wildman–Crippen LogP) is 3.75. The van der Waals surface area contributed by atoms with Gasteiger partial charge in [-0.1, -0.05) is 35.9 Å². The quantitative estimate of drug-likeness (QED) is 0.441. The molecule has 0 spiro atoms. The summed E-state index contributed by atoms with van der Waals surface area (Å²) in [4.78, 5) is 13.4. The average molecular weight is 428 g/mol. The van der Waals surface area contributed by atoms with Crippen LogP contribution in [0, 0.1) is 17.8 Å². The van der Waals surface area contributed by atoms with Crippen molar-refractivity contribution in [3.8, 4) is 5.75 Å². The molecule has 5 atom stereocenters. The third-order valence-corrected chi connectivity index (χ3v) is 6.75. The molecule has 3 rings (SSSR count). The van der Waals surface area contributed by atoms with Gasteiger partial charge in [0.25, 0.3) is 0 Å². The number of carbonyl (C=O) groups is 1. The Balaban J connectivity index is 1.46. The molecular weight excluding hydrogens is 390 g/mol. The number of hydrogen-bond donors (Lipinski definition) is 2. The number of unbranched alkanes of at least 4 members (excludes halogenated alkanes) is 1. The van der Waals surface area contributed by atoms with E-state index in [2.05, 4.69) is 6.08 Å². The number of methoxy groups -OCH3 is 1. The van der Waals surface area contributed by atoms with E-state index in [1.54, 1.807) is 26.1 Å². The van der Waals surface area contributed by atoms with Gasteiger partial charge in [-0.3, -0.25) is 4.79 Å². The maximum Gasteiger partial charge on any atom is 0.222 e. The van der Waals surface area contributed by atoms with Gasteiger partial charge in [0.2, 0.25) is 5.91 Å². The minimum absolute atomic E-state index is 0.0968. The minimum Gasteiger partial charge on any atom is -0.497 e. The summed E-state index contributed by atoms with van der Waals surface area (Å²) in [6.45, 7) is 0. The van der Waals surface area contributed by atoms with Gasteiger partial charge in [-0.2, -0.15) is 0 Å². The highest BCUT2D eigenvalue weighted by Crippen LogP contribution is 2.48. The molecule has 0 bridgehead atoms. The maximum atomic E-state index is 11.7. The highest BCUT2D eigenvalue weighted by molar-refractivity contribution is 5.75. The number of aliphatic hydroxyl groups is 2. The van der Waals surface area contributed by atoms with Crippen LogP contribution in [0.25, 0.3) is 0 Å². The highest BCUT2D eigenvalue weighted by atomic mass is 16.5. The fourth-order valence-corrected chi connectivity index (χ4v) is 4.97. The predicted molar refractivity (Wildman–Crippen MR) is 123 cm³/mol. The fraction of sp³-hybridized carbons (Fsp3) is 0.577. The lowest BCUT2D eigenvalue weighted by atomic mass is 9.88. The van der Waals surface area contributed by atoms with Crippen molar-refractivity contribution in [2.45, 2.75) is 57.2 Å². The summed E-state index contributed by atoms with van der Waals surface area (Å²) in [5.41, 5.74) is 2.52. The molecule has 5 heteroatoms. The molecule has 0 unspecified atom stereocenters. The van der Waals surface area contributed by atoms with Crippen molar-refractivity contribution in [3.05, 3.63) is 53.6 Å². The number of amides is 1. The molecule has 1 aromatic rings. The van der Waals surface area contributed by atoms with Crippen LogP contribution in [0.4, 0.5) is 0 Å². The molecule has 0 aliphatic heterocycles. The van der Waals surface area contributed by atoms with Crippen molar-refractivity contribution in [1.29, 1.82) is 0 Å². The molecular formula is C26H37NO4. The molecule has 170 valence electrons. The zero-order chi connectivity index (χ0) is 22.4.